The van der Waals surface area contributed by atoms with Crippen LogP contribution >= 0.6 is 11.3 Å². The van der Waals surface area contributed by atoms with E-state index in [1.165, 1.54) is 27.1 Å². The molecule has 0 aliphatic heterocycles. The number of nitriles is 1. The highest BCUT2D eigenvalue weighted by Gasteiger charge is 2.12. The van der Waals surface area contributed by atoms with E-state index in [-0.39, 0.29) is 6.04 Å². The predicted molar refractivity (Wildman–Crippen MR) is 85.0 cm³/mol. The Kier molecular flexibility index (Phi) is 3.59. The zero-order chi connectivity index (χ0) is 14.8. The van der Waals surface area contributed by atoms with Gasteiger partial charge in [-0.2, -0.15) is 5.26 Å². The number of anilines is 1. The van der Waals surface area contributed by atoms with Gasteiger partial charge in [0.2, 0.25) is 0 Å². The molecule has 2 aromatic carbocycles. The van der Waals surface area contributed by atoms with Crippen LogP contribution in [0.15, 0.2) is 48.5 Å². The molecule has 0 radical (unpaired) electrons. The zero-order valence-electron chi connectivity index (χ0n) is 11.4. The number of benzene rings is 2. The molecule has 0 saturated carbocycles. The highest BCUT2D eigenvalue weighted by atomic mass is 32.1. The normalized spacial score (nSPS) is 12.0. The van der Waals surface area contributed by atoms with Crippen molar-refractivity contribution in [2.45, 2.75) is 13.0 Å². The van der Waals surface area contributed by atoms with Gasteiger partial charge >= 0.3 is 0 Å². The minimum Gasteiger partial charge on any atom is -0.377 e. The van der Waals surface area contributed by atoms with Crippen LogP contribution in [0, 0.1) is 17.1 Å². The Morgan fingerprint density at radius 2 is 2.00 bits per heavy atom. The van der Waals surface area contributed by atoms with Crippen molar-refractivity contribution in [2.24, 2.45) is 0 Å². The molecular weight excluding hydrogens is 283 g/mol. The molecule has 0 fully saturated rings. The minimum absolute atomic E-state index is 0.0555. The van der Waals surface area contributed by atoms with Crippen molar-refractivity contribution in [3.8, 4) is 6.07 Å². The third kappa shape index (κ3) is 2.74. The summed E-state index contributed by atoms with van der Waals surface area (Å²) in [5.74, 6) is -0.397. The Morgan fingerprint density at radius 1 is 1.19 bits per heavy atom. The van der Waals surface area contributed by atoms with Crippen LogP contribution in [0.1, 0.15) is 23.4 Å². The molecule has 0 aliphatic rings. The maximum atomic E-state index is 13.2. The first-order valence-corrected chi connectivity index (χ1v) is 7.43. The highest BCUT2D eigenvalue weighted by molar-refractivity contribution is 7.19. The second-order valence-electron chi connectivity index (χ2n) is 4.85. The predicted octanol–water partition coefficient (Wildman–Crippen LogP) is 5.09. The van der Waals surface area contributed by atoms with E-state index in [1.54, 1.807) is 17.4 Å². The van der Waals surface area contributed by atoms with Crippen molar-refractivity contribution < 1.29 is 4.39 Å². The number of nitrogens with zero attached hydrogens (tertiary/aromatic N) is 1. The summed E-state index contributed by atoms with van der Waals surface area (Å²) >= 11 is 1.72. The van der Waals surface area contributed by atoms with Crippen LogP contribution in [0.5, 0.6) is 0 Å². The number of hydrogen-bond donors (Lipinski definition) is 1. The van der Waals surface area contributed by atoms with E-state index in [1.807, 2.05) is 25.1 Å². The lowest BCUT2D eigenvalue weighted by atomic mass is 10.1. The van der Waals surface area contributed by atoms with Crippen LogP contribution in [0.2, 0.25) is 0 Å². The Balaban J connectivity index is 1.89. The van der Waals surface area contributed by atoms with Crippen molar-refractivity contribution in [2.75, 3.05) is 5.32 Å². The molecule has 1 aromatic heterocycles. The van der Waals surface area contributed by atoms with E-state index in [2.05, 4.69) is 23.5 Å². The van der Waals surface area contributed by atoms with Crippen LogP contribution in [-0.2, 0) is 0 Å². The van der Waals surface area contributed by atoms with Gasteiger partial charge < -0.3 is 5.32 Å². The lowest BCUT2D eigenvalue weighted by molar-refractivity contribution is 0.627. The monoisotopic (exact) mass is 296 g/mol. The molecule has 2 nitrogen and oxygen atoms in total. The molecule has 0 aliphatic carbocycles. The maximum Gasteiger partial charge on any atom is 0.124 e. The molecule has 0 saturated heterocycles. The van der Waals surface area contributed by atoms with Crippen molar-refractivity contribution in [3.05, 3.63) is 64.8 Å². The van der Waals surface area contributed by atoms with Gasteiger partial charge in [-0.05, 0) is 42.6 Å². The van der Waals surface area contributed by atoms with E-state index in [0.717, 1.165) is 0 Å². The van der Waals surface area contributed by atoms with Crippen LogP contribution in [0.25, 0.3) is 10.1 Å². The largest absolute Gasteiger partial charge is 0.377 e. The van der Waals surface area contributed by atoms with Gasteiger partial charge in [0.05, 0.1) is 17.3 Å². The SMILES string of the molecule is CC(Nc1ccc(F)cc1C#N)c1cc2ccccc2s1. The average molecular weight is 296 g/mol. The number of halogens is 1. The first-order chi connectivity index (χ1) is 10.2. The molecule has 1 atom stereocenters. The van der Waals surface area contributed by atoms with Crippen LogP contribution in [-0.4, -0.2) is 0 Å². The molecule has 21 heavy (non-hydrogen) atoms. The summed E-state index contributed by atoms with van der Waals surface area (Å²) < 4.78 is 14.4. The average Bonchev–Trinajstić information content (AvgIpc) is 2.93. The van der Waals surface area contributed by atoms with Crippen molar-refractivity contribution in [3.63, 3.8) is 0 Å². The fourth-order valence-corrected chi connectivity index (χ4v) is 3.32. The zero-order valence-corrected chi connectivity index (χ0v) is 12.2. The molecule has 3 rings (SSSR count). The molecule has 3 aromatic rings. The molecule has 0 spiro atoms. The summed E-state index contributed by atoms with van der Waals surface area (Å²) in [5, 5.41) is 13.6. The van der Waals surface area contributed by atoms with Crippen LogP contribution < -0.4 is 5.32 Å². The second-order valence-corrected chi connectivity index (χ2v) is 5.97. The van der Waals surface area contributed by atoms with Gasteiger partial charge in [0.25, 0.3) is 0 Å². The molecule has 0 amide bonds. The Labute approximate surface area is 126 Å². The smallest absolute Gasteiger partial charge is 0.124 e. The van der Waals surface area contributed by atoms with Gasteiger partial charge in [-0.1, -0.05) is 18.2 Å². The van der Waals surface area contributed by atoms with E-state index in [9.17, 15) is 4.39 Å². The van der Waals surface area contributed by atoms with Crippen LogP contribution in [0.3, 0.4) is 0 Å². The number of thiophene rings is 1. The van der Waals surface area contributed by atoms with Gasteiger partial charge in [0, 0.05) is 9.58 Å². The summed E-state index contributed by atoms with van der Waals surface area (Å²) in [6, 6.07) is 16.7. The first kappa shape index (κ1) is 13.6. The van der Waals surface area contributed by atoms with Crippen molar-refractivity contribution >= 4 is 27.1 Å². The summed E-state index contributed by atoms with van der Waals surface area (Å²) in [7, 11) is 0. The summed E-state index contributed by atoms with van der Waals surface area (Å²) in [6.07, 6.45) is 0. The molecule has 1 N–H and O–H groups in total. The van der Waals surface area contributed by atoms with Gasteiger partial charge in [-0.25, -0.2) is 4.39 Å². The fourth-order valence-electron chi connectivity index (χ4n) is 2.26. The number of nitrogens with one attached hydrogen (secondary N) is 1. The van der Waals surface area contributed by atoms with E-state index >= 15 is 0 Å². The topological polar surface area (TPSA) is 35.8 Å². The van der Waals surface area contributed by atoms with Crippen molar-refractivity contribution in [1.29, 1.82) is 5.26 Å². The number of fused-ring (bicyclic) bond motifs is 1. The van der Waals surface area contributed by atoms with E-state index in [4.69, 9.17) is 5.26 Å². The molecular formula is C17H13FN2S. The summed E-state index contributed by atoms with van der Waals surface area (Å²) in [6.45, 7) is 2.04. The quantitative estimate of drug-likeness (QED) is 0.731. The third-order valence-electron chi connectivity index (χ3n) is 3.35. The van der Waals surface area contributed by atoms with Gasteiger partial charge in [0.1, 0.15) is 11.9 Å². The second kappa shape index (κ2) is 5.55. The Hall–Kier alpha value is -2.38. The molecule has 104 valence electrons. The number of hydrogen-bond acceptors (Lipinski definition) is 3. The highest BCUT2D eigenvalue weighted by Crippen LogP contribution is 2.32. The maximum absolute atomic E-state index is 13.2. The lowest BCUT2D eigenvalue weighted by Crippen LogP contribution is -2.06. The Bertz CT molecular complexity index is 799. The number of rotatable bonds is 3. The summed E-state index contributed by atoms with van der Waals surface area (Å²) in [4.78, 5) is 1.18. The Morgan fingerprint density at radius 3 is 2.76 bits per heavy atom. The van der Waals surface area contributed by atoms with Gasteiger partial charge in [0.15, 0.2) is 0 Å². The van der Waals surface area contributed by atoms with E-state index in [0.29, 0.717) is 11.3 Å². The van der Waals surface area contributed by atoms with Crippen molar-refractivity contribution in [1.82, 2.24) is 0 Å². The van der Waals surface area contributed by atoms with Gasteiger partial charge in [-0.15, -0.1) is 11.3 Å². The minimum atomic E-state index is -0.397. The van der Waals surface area contributed by atoms with E-state index < -0.39 is 5.82 Å². The standard InChI is InChI=1S/C17H13FN2S/c1-11(17-9-12-4-2-3-5-16(12)21-17)20-15-7-6-14(18)8-13(15)10-19/h2-9,11,20H,1H3. The summed E-state index contributed by atoms with van der Waals surface area (Å²) in [5.41, 5.74) is 0.979. The molecule has 1 unspecified atom stereocenters. The molecule has 1 heterocycles. The lowest BCUT2D eigenvalue weighted by Gasteiger charge is -2.14. The first-order valence-electron chi connectivity index (χ1n) is 6.62. The van der Waals surface area contributed by atoms with Crippen LogP contribution in [0.4, 0.5) is 10.1 Å². The molecule has 4 heteroatoms. The molecule has 0 bridgehead atoms. The van der Waals surface area contributed by atoms with Gasteiger partial charge in [-0.3, -0.25) is 0 Å². The fraction of sp³-hybridized carbons (Fsp3) is 0.118. The third-order valence-corrected chi connectivity index (χ3v) is 4.64.